The van der Waals surface area contributed by atoms with Crippen LogP contribution in [0, 0.1) is 5.92 Å². The topological polar surface area (TPSA) is 48.0 Å². The SMILES string of the molecule is COC(=O)[C@H](C)C[C@@H](c1ccc(OC)cc1)N1CCOCC1. The monoisotopic (exact) mass is 307 g/mol. The molecule has 1 aromatic rings. The van der Waals surface area contributed by atoms with Crippen LogP contribution >= 0.6 is 0 Å². The number of morpholine rings is 1. The molecular weight excluding hydrogens is 282 g/mol. The smallest absolute Gasteiger partial charge is 0.308 e. The number of methoxy groups -OCH3 is 2. The number of carbonyl (C=O) groups excluding carboxylic acids is 1. The second-order valence-corrected chi connectivity index (χ2v) is 5.60. The number of hydrogen-bond donors (Lipinski definition) is 0. The molecule has 1 heterocycles. The van der Waals surface area contributed by atoms with Gasteiger partial charge >= 0.3 is 5.97 Å². The maximum Gasteiger partial charge on any atom is 0.308 e. The highest BCUT2D eigenvalue weighted by Gasteiger charge is 2.27. The Bertz CT molecular complexity index is 468. The van der Waals surface area contributed by atoms with Gasteiger partial charge < -0.3 is 14.2 Å². The molecule has 5 nitrogen and oxygen atoms in total. The van der Waals surface area contributed by atoms with Gasteiger partial charge in [-0.2, -0.15) is 0 Å². The van der Waals surface area contributed by atoms with Crippen LogP contribution in [-0.2, 0) is 14.3 Å². The molecule has 0 amide bonds. The molecule has 122 valence electrons. The minimum absolute atomic E-state index is 0.139. The fraction of sp³-hybridized carbons (Fsp3) is 0.588. The molecule has 1 saturated heterocycles. The van der Waals surface area contributed by atoms with Crippen molar-refractivity contribution in [2.75, 3.05) is 40.5 Å². The average Bonchev–Trinajstić information content (AvgIpc) is 2.59. The third-order valence-electron chi connectivity index (χ3n) is 4.17. The van der Waals surface area contributed by atoms with Crippen LogP contribution < -0.4 is 4.74 Å². The summed E-state index contributed by atoms with van der Waals surface area (Å²) in [6.07, 6.45) is 0.735. The highest BCUT2D eigenvalue weighted by Crippen LogP contribution is 2.30. The molecule has 2 rings (SSSR count). The first-order valence-electron chi connectivity index (χ1n) is 7.69. The van der Waals surface area contributed by atoms with Crippen molar-refractivity contribution in [1.29, 1.82) is 0 Å². The summed E-state index contributed by atoms with van der Waals surface area (Å²) in [5.74, 6) is 0.539. The van der Waals surface area contributed by atoms with E-state index in [9.17, 15) is 4.79 Å². The van der Waals surface area contributed by atoms with E-state index >= 15 is 0 Å². The van der Waals surface area contributed by atoms with E-state index in [-0.39, 0.29) is 17.9 Å². The van der Waals surface area contributed by atoms with E-state index in [1.807, 2.05) is 19.1 Å². The normalized spacial score (nSPS) is 18.5. The van der Waals surface area contributed by atoms with Crippen LogP contribution in [0.1, 0.15) is 24.9 Å². The standard InChI is InChI=1S/C17H25NO4/c1-13(17(19)21-3)12-16(18-8-10-22-11-9-18)14-4-6-15(20-2)7-5-14/h4-7,13,16H,8-12H2,1-3H3/t13-,16+/m1/s1. The molecular formula is C17H25NO4. The van der Waals surface area contributed by atoms with Gasteiger partial charge in [0.1, 0.15) is 5.75 Å². The quantitative estimate of drug-likeness (QED) is 0.755. The van der Waals surface area contributed by atoms with Crippen LogP contribution in [0.4, 0.5) is 0 Å². The van der Waals surface area contributed by atoms with Crippen LogP contribution in [0.25, 0.3) is 0 Å². The molecule has 0 aromatic heterocycles. The Hall–Kier alpha value is -1.59. The molecule has 0 saturated carbocycles. The van der Waals surface area contributed by atoms with Gasteiger partial charge in [-0.3, -0.25) is 9.69 Å². The number of ether oxygens (including phenoxy) is 3. The Morgan fingerprint density at radius 3 is 2.41 bits per heavy atom. The Balaban J connectivity index is 2.17. The molecule has 0 radical (unpaired) electrons. The lowest BCUT2D eigenvalue weighted by Gasteiger charge is -2.35. The highest BCUT2D eigenvalue weighted by molar-refractivity contribution is 5.71. The summed E-state index contributed by atoms with van der Waals surface area (Å²) in [4.78, 5) is 14.2. The van der Waals surface area contributed by atoms with E-state index < -0.39 is 0 Å². The largest absolute Gasteiger partial charge is 0.497 e. The molecule has 0 spiro atoms. The summed E-state index contributed by atoms with van der Waals surface area (Å²) >= 11 is 0. The Kier molecular flexibility index (Phi) is 6.21. The van der Waals surface area contributed by atoms with Crippen molar-refractivity contribution in [2.45, 2.75) is 19.4 Å². The summed E-state index contributed by atoms with van der Waals surface area (Å²) in [7, 11) is 3.10. The van der Waals surface area contributed by atoms with Crippen LogP contribution in [0.3, 0.4) is 0 Å². The van der Waals surface area contributed by atoms with Crippen molar-refractivity contribution in [2.24, 2.45) is 5.92 Å². The van der Waals surface area contributed by atoms with E-state index in [4.69, 9.17) is 14.2 Å². The van der Waals surface area contributed by atoms with Gasteiger partial charge in [0.15, 0.2) is 0 Å². The molecule has 5 heteroatoms. The summed E-state index contributed by atoms with van der Waals surface area (Å²) in [5, 5.41) is 0. The molecule has 22 heavy (non-hydrogen) atoms. The van der Waals surface area contributed by atoms with Gasteiger partial charge in [-0.1, -0.05) is 19.1 Å². The van der Waals surface area contributed by atoms with Gasteiger partial charge in [0.2, 0.25) is 0 Å². The summed E-state index contributed by atoms with van der Waals surface area (Å²) < 4.78 is 15.5. The number of carbonyl (C=O) groups is 1. The highest BCUT2D eigenvalue weighted by atomic mass is 16.5. The molecule has 0 aliphatic carbocycles. The molecule has 0 unspecified atom stereocenters. The van der Waals surface area contributed by atoms with Gasteiger partial charge in [-0.25, -0.2) is 0 Å². The second-order valence-electron chi connectivity index (χ2n) is 5.60. The van der Waals surface area contributed by atoms with Crippen molar-refractivity contribution in [3.63, 3.8) is 0 Å². The zero-order valence-corrected chi connectivity index (χ0v) is 13.6. The maximum atomic E-state index is 11.8. The molecule has 1 aliphatic heterocycles. The molecule has 0 N–H and O–H groups in total. The number of nitrogens with zero attached hydrogens (tertiary/aromatic N) is 1. The fourth-order valence-corrected chi connectivity index (χ4v) is 2.84. The summed E-state index contributed by atoms with van der Waals surface area (Å²) in [6, 6.07) is 8.26. The minimum Gasteiger partial charge on any atom is -0.497 e. The van der Waals surface area contributed by atoms with Crippen molar-refractivity contribution >= 4 is 5.97 Å². The molecule has 2 atom stereocenters. The number of rotatable bonds is 6. The summed E-state index contributed by atoms with van der Waals surface area (Å²) in [6.45, 7) is 5.15. The van der Waals surface area contributed by atoms with E-state index in [1.54, 1.807) is 7.11 Å². The van der Waals surface area contributed by atoms with Gasteiger partial charge in [0.05, 0.1) is 33.4 Å². The number of esters is 1. The first-order valence-corrected chi connectivity index (χ1v) is 7.69. The Morgan fingerprint density at radius 2 is 1.86 bits per heavy atom. The predicted octanol–water partition coefficient (Wildman–Crippen LogP) is 2.27. The zero-order valence-electron chi connectivity index (χ0n) is 13.6. The molecule has 1 aliphatic rings. The predicted molar refractivity (Wildman–Crippen MR) is 83.9 cm³/mol. The number of benzene rings is 1. The van der Waals surface area contributed by atoms with E-state index in [2.05, 4.69) is 17.0 Å². The van der Waals surface area contributed by atoms with Crippen molar-refractivity contribution < 1.29 is 19.0 Å². The molecule has 0 bridgehead atoms. The van der Waals surface area contributed by atoms with Gasteiger partial charge in [0, 0.05) is 19.1 Å². The molecule has 1 aromatic carbocycles. The van der Waals surface area contributed by atoms with Crippen LogP contribution in [0.5, 0.6) is 5.75 Å². The lowest BCUT2D eigenvalue weighted by Crippen LogP contribution is -2.40. The van der Waals surface area contributed by atoms with E-state index in [0.29, 0.717) is 0 Å². The van der Waals surface area contributed by atoms with Crippen LogP contribution in [0.2, 0.25) is 0 Å². The average molecular weight is 307 g/mol. The Morgan fingerprint density at radius 1 is 1.23 bits per heavy atom. The van der Waals surface area contributed by atoms with Crippen LogP contribution in [-0.4, -0.2) is 51.4 Å². The maximum absolute atomic E-state index is 11.8. The van der Waals surface area contributed by atoms with Crippen molar-refractivity contribution in [3.05, 3.63) is 29.8 Å². The summed E-state index contributed by atoms with van der Waals surface area (Å²) in [5.41, 5.74) is 1.19. The second kappa shape index (κ2) is 8.15. The van der Waals surface area contributed by atoms with Gasteiger partial charge in [0.25, 0.3) is 0 Å². The Labute approximate surface area is 132 Å². The zero-order chi connectivity index (χ0) is 15.9. The fourth-order valence-electron chi connectivity index (χ4n) is 2.84. The molecule has 1 fully saturated rings. The van der Waals surface area contributed by atoms with E-state index in [0.717, 1.165) is 38.5 Å². The third-order valence-corrected chi connectivity index (χ3v) is 4.17. The third kappa shape index (κ3) is 4.21. The lowest BCUT2D eigenvalue weighted by molar-refractivity contribution is -0.145. The van der Waals surface area contributed by atoms with Crippen molar-refractivity contribution in [3.8, 4) is 5.75 Å². The number of hydrogen-bond acceptors (Lipinski definition) is 5. The van der Waals surface area contributed by atoms with Gasteiger partial charge in [-0.15, -0.1) is 0 Å². The van der Waals surface area contributed by atoms with Crippen LogP contribution in [0.15, 0.2) is 24.3 Å². The first kappa shape index (κ1) is 16.8. The minimum atomic E-state index is -0.160. The van der Waals surface area contributed by atoms with Gasteiger partial charge in [-0.05, 0) is 24.1 Å². The first-order chi connectivity index (χ1) is 10.7. The van der Waals surface area contributed by atoms with Crippen molar-refractivity contribution in [1.82, 2.24) is 4.90 Å². The lowest BCUT2D eigenvalue weighted by atomic mass is 9.94. The van der Waals surface area contributed by atoms with E-state index in [1.165, 1.54) is 12.7 Å².